The van der Waals surface area contributed by atoms with Crippen molar-refractivity contribution in [3.63, 3.8) is 0 Å². The highest BCUT2D eigenvalue weighted by Gasteiger charge is 2.30. The molecule has 0 amide bonds. The molecule has 0 aliphatic heterocycles. The Morgan fingerprint density at radius 3 is 2.67 bits per heavy atom. The molecule has 1 aromatic heterocycles. The van der Waals surface area contributed by atoms with Gasteiger partial charge in [-0.3, -0.25) is 4.79 Å². The van der Waals surface area contributed by atoms with Crippen molar-refractivity contribution in [3.05, 3.63) is 40.9 Å². The Balaban J connectivity index is 2.62. The van der Waals surface area contributed by atoms with Crippen LogP contribution in [0, 0.1) is 11.1 Å². The zero-order valence-electron chi connectivity index (χ0n) is 12.9. The largest absolute Gasteiger partial charge is 0.619 e. The monoisotopic (exact) mass is 364 g/mol. The van der Waals surface area contributed by atoms with E-state index in [0.717, 1.165) is 24.2 Å². The number of nitrogens with zero attached hydrogens (tertiary/aromatic N) is 2. The van der Waals surface area contributed by atoms with Crippen LogP contribution in [-0.2, 0) is 19.9 Å². The predicted octanol–water partition coefficient (Wildman–Crippen LogP) is 3.03. The van der Waals surface area contributed by atoms with Crippen molar-refractivity contribution >= 4 is 24.7 Å². The lowest BCUT2D eigenvalue weighted by Crippen LogP contribution is -2.20. The van der Waals surface area contributed by atoms with E-state index >= 15 is 0 Å². The summed E-state index contributed by atoms with van der Waals surface area (Å²) in [4.78, 5) is 15.0. The maximum Gasteiger partial charge on any atom is 0.417 e. The molecule has 24 heavy (non-hydrogen) atoms. The maximum atomic E-state index is 12.4. The van der Waals surface area contributed by atoms with Crippen molar-refractivity contribution in [3.8, 4) is 0 Å². The number of carbonyl (C=O) groups excluding carboxylic acids is 1. The third-order valence-electron chi connectivity index (χ3n) is 2.85. The van der Waals surface area contributed by atoms with Crippen LogP contribution in [0.3, 0.4) is 0 Å². The summed E-state index contributed by atoms with van der Waals surface area (Å²) in [5.74, 6) is -1.44. The molecule has 0 spiro atoms. The van der Waals surface area contributed by atoms with E-state index in [1.54, 1.807) is 0 Å². The van der Waals surface area contributed by atoms with Gasteiger partial charge in [0.05, 0.1) is 19.3 Å². The van der Waals surface area contributed by atoms with Gasteiger partial charge >= 0.3 is 12.1 Å². The minimum Gasteiger partial charge on any atom is -0.619 e. The lowest BCUT2D eigenvalue weighted by Gasteiger charge is -2.11. The number of carbonyl (C=O) groups is 1. The Labute approximate surface area is 140 Å². The van der Waals surface area contributed by atoms with Gasteiger partial charge in [-0.2, -0.15) is 17.9 Å². The molecule has 0 radical (unpaired) electrons. The number of halogens is 3. The van der Waals surface area contributed by atoms with E-state index in [1.807, 2.05) is 0 Å². The second-order valence-electron chi connectivity index (χ2n) is 4.50. The van der Waals surface area contributed by atoms with E-state index in [4.69, 9.17) is 4.18 Å². The number of hydrogen-bond donors (Lipinski definition) is 0. The minimum atomic E-state index is -4.45. The maximum absolute atomic E-state index is 12.4. The molecule has 6 nitrogen and oxygen atoms in total. The minimum absolute atomic E-state index is 0.0443. The molecule has 0 saturated carbocycles. The van der Waals surface area contributed by atoms with Crippen LogP contribution in [-0.4, -0.2) is 36.1 Å². The van der Waals surface area contributed by atoms with Gasteiger partial charge in [-0.1, -0.05) is 0 Å². The van der Waals surface area contributed by atoms with Crippen LogP contribution in [0.1, 0.15) is 12.5 Å². The Hall–Kier alpha value is -2.07. The number of ether oxygens (including phenoxy) is 1. The molecule has 0 aliphatic carbocycles. The third kappa shape index (κ3) is 5.85. The molecule has 1 heterocycles. The number of methoxy groups -OCH3 is 1. The first-order valence-electron chi connectivity index (χ1n) is 6.55. The molecule has 10 heteroatoms. The van der Waals surface area contributed by atoms with Crippen LogP contribution in [0.15, 0.2) is 35.1 Å². The summed E-state index contributed by atoms with van der Waals surface area (Å²) >= 11 is 0.739. The number of alkyl halides is 3. The molecule has 0 fully saturated rings. The van der Waals surface area contributed by atoms with Crippen molar-refractivity contribution in [2.75, 3.05) is 13.7 Å². The van der Waals surface area contributed by atoms with Crippen LogP contribution in [0.2, 0.25) is 0 Å². The number of esters is 1. The second-order valence-corrected chi connectivity index (χ2v) is 5.32. The van der Waals surface area contributed by atoms with Gasteiger partial charge < -0.3 is 14.1 Å². The Morgan fingerprint density at radius 1 is 1.54 bits per heavy atom. The highest BCUT2D eigenvalue weighted by molar-refractivity contribution is 7.94. The first kappa shape index (κ1) is 20.0. The molecule has 0 N–H and O–H groups in total. The zero-order valence-corrected chi connectivity index (χ0v) is 13.7. The van der Waals surface area contributed by atoms with Crippen LogP contribution in [0.25, 0.3) is 0 Å². The number of rotatable bonds is 7. The van der Waals surface area contributed by atoms with E-state index in [0.29, 0.717) is 6.20 Å². The standard InChI is InChI=1S/C14H15F3N2O4S/c1-9(13(20)22-3)11(19(2)21)6-7-23-24-12-5-4-10(8-18-12)14(15,16)17/h4-6,8-9H,2,7H2,1,3H3/b11-6+. The van der Waals surface area contributed by atoms with Gasteiger partial charge in [0.25, 0.3) is 0 Å². The summed E-state index contributed by atoms with van der Waals surface area (Å²) in [5.41, 5.74) is -0.817. The van der Waals surface area contributed by atoms with E-state index in [2.05, 4.69) is 16.4 Å². The average Bonchev–Trinajstić information content (AvgIpc) is 2.52. The van der Waals surface area contributed by atoms with Crippen LogP contribution in [0.5, 0.6) is 0 Å². The fourth-order valence-corrected chi connectivity index (χ4v) is 2.08. The summed E-state index contributed by atoms with van der Waals surface area (Å²) in [6, 6.07) is 2.05. The lowest BCUT2D eigenvalue weighted by atomic mass is 10.1. The first-order valence-corrected chi connectivity index (χ1v) is 7.29. The Morgan fingerprint density at radius 2 is 2.21 bits per heavy atom. The number of aromatic nitrogens is 1. The SMILES string of the molecule is C=[N+]([O-])/C(=C/COSc1ccc(C(F)(F)F)cn1)C(C)C(=O)OC. The average molecular weight is 364 g/mol. The van der Waals surface area contributed by atoms with Gasteiger partial charge in [-0.05, 0) is 19.1 Å². The van der Waals surface area contributed by atoms with Crippen molar-refractivity contribution in [1.29, 1.82) is 0 Å². The number of hydrogen-bond acceptors (Lipinski definition) is 6. The van der Waals surface area contributed by atoms with Crippen LogP contribution in [0.4, 0.5) is 13.2 Å². The summed E-state index contributed by atoms with van der Waals surface area (Å²) in [7, 11) is 1.19. The Bertz CT molecular complexity index is 617. The van der Waals surface area contributed by atoms with E-state index < -0.39 is 23.6 Å². The van der Waals surface area contributed by atoms with Crippen molar-refractivity contribution in [1.82, 2.24) is 4.98 Å². The second kappa shape index (κ2) is 8.69. The first-order chi connectivity index (χ1) is 11.2. The van der Waals surface area contributed by atoms with E-state index in [1.165, 1.54) is 20.1 Å². The molecular formula is C14H15F3N2O4S. The van der Waals surface area contributed by atoms with Gasteiger partial charge in [0.2, 0.25) is 5.70 Å². The zero-order chi connectivity index (χ0) is 18.3. The fraction of sp³-hybridized carbons (Fsp3) is 0.357. The van der Waals surface area contributed by atoms with Crippen molar-refractivity contribution in [2.24, 2.45) is 5.92 Å². The number of hydroxylamine groups is 1. The van der Waals surface area contributed by atoms with E-state index in [9.17, 15) is 23.2 Å². The van der Waals surface area contributed by atoms with Crippen LogP contribution < -0.4 is 0 Å². The van der Waals surface area contributed by atoms with Gasteiger partial charge in [-0.25, -0.2) is 4.98 Å². The van der Waals surface area contributed by atoms with Gasteiger partial charge in [-0.15, -0.1) is 0 Å². The lowest BCUT2D eigenvalue weighted by molar-refractivity contribution is -0.399. The third-order valence-corrected chi connectivity index (χ3v) is 3.52. The normalized spacial score (nSPS) is 13.5. The van der Waals surface area contributed by atoms with Crippen LogP contribution >= 0.6 is 12.0 Å². The van der Waals surface area contributed by atoms with Gasteiger partial charge in [0, 0.05) is 24.3 Å². The molecule has 1 atom stereocenters. The predicted molar refractivity (Wildman–Crippen MR) is 81.1 cm³/mol. The van der Waals surface area contributed by atoms with Crippen molar-refractivity contribution < 1.29 is 31.6 Å². The van der Waals surface area contributed by atoms with Gasteiger partial charge in [0.1, 0.15) is 17.7 Å². The fourth-order valence-electron chi connectivity index (χ4n) is 1.60. The molecule has 0 bridgehead atoms. The highest BCUT2D eigenvalue weighted by Crippen LogP contribution is 2.29. The van der Waals surface area contributed by atoms with Crippen molar-refractivity contribution in [2.45, 2.75) is 18.1 Å². The molecule has 1 rings (SSSR count). The summed E-state index contributed by atoms with van der Waals surface area (Å²) in [5, 5.41) is 11.6. The molecule has 1 unspecified atom stereocenters. The van der Waals surface area contributed by atoms with E-state index in [-0.39, 0.29) is 22.1 Å². The topological polar surface area (TPSA) is 74.5 Å². The summed E-state index contributed by atoms with van der Waals surface area (Å²) in [6.07, 6.45) is -2.43. The molecule has 1 aromatic rings. The Kier molecular flexibility index (Phi) is 7.23. The summed E-state index contributed by atoms with van der Waals surface area (Å²) < 4.78 is 47.1. The van der Waals surface area contributed by atoms with Gasteiger partial charge in [0.15, 0.2) is 0 Å². The summed E-state index contributed by atoms with van der Waals surface area (Å²) in [6.45, 7) is 4.55. The molecule has 0 aromatic carbocycles. The number of pyridine rings is 1. The molecule has 0 aliphatic rings. The molecule has 0 saturated heterocycles. The molecule has 132 valence electrons. The quantitative estimate of drug-likeness (QED) is 0.141. The highest BCUT2D eigenvalue weighted by atomic mass is 32.2. The molecular weight excluding hydrogens is 349 g/mol. The smallest absolute Gasteiger partial charge is 0.417 e.